The maximum atomic E-state index is 11.8. The second-order valence-electron chi connectivity index (χ2n) is 4.13. The van der Waals surface area contributed by atoms with Gasteiger partial charge >= 0.3 is 11.7 Å². The van der Waals surface area contributed by atoms with Crippen LogP contribution in [0.15, 0.2) is 18.2 Å². The van der Waals surface area contributed by atoms with Crippen molar-refractivity contribution in [3.05, 3.63) is 33.9 Å². The molecule has 0 aromatic heterocycles. The topological polar surface area (TPSA) is 119 Å². The van der Waals surface area contributed by atoms with E-state index in [2.05, 4.69) is 5.32 Å². The molecule has 0 fully saturated rings. The third kappa shape index (κ3) is 5.09. The van der Waals surface area contributed by atoms with Crippen molar-refractivity contribution in [2.45, 2.75) is 19.8 Å². The molecule has 1 amide bonds. The van der Waals surface area contributed by atoms with Crippen molar-refractivity contribution >= 4 is 17.6 Å². The molecule has 0 bridgehead atoms. The number of benzene rings is 1. The largest absolute Gasteiger partial charge is 0.487 e. The number of carbonyl (C=O) groups is 2. The van der Waals surface area contributed by atoms with Gasteiger partial charge in [-0.15, -0.1) is 0 Å². The van der Waals surface area contributed by atoms with Crippen molar-refractivity contribution in [2.24, 2.45) is 0 Å². The minimum Gasteiger partial charge on any atom is -0.487 e. The molecule has 0 aliphatic heterocycles. The molecule has 0 radical (unpaired) electrons. The highest BCUT2D eigenvalue weighted by Gasteiger charge is 2.18. The summed E-state index contributed by atoms with van der Waals surface area (Å²) in [6, 6.07) is 3.93. The quantitative estimate of drug-likeness (QED) is 0.427. The average molecular weight is 296 g/mol. The van der Waals surface area contributed by atoms with Gasteiger partial charge < -0.3 is 15.2 Å². The number of hydrogen-bond acceptors (Lipinski definition) is 5. The van der Waals surface area contributed by atoms with Crippen LogP contribution in [0.5, 0.6) is 5.75 Å². The van der Waals surface area contributed by atoms with Gasteiger partial charge in [-0.25, -0.2) is 0 Å². The van der Waals surface area contributed by atoms with Gasteiger partial charge in [0.2, 0.25) is 0 Å². The van der Waals surface area contributed by atoms with Crippen LogP contribution in [-0.2, 0) is 4.79 Å². The first kappa shape index (κ1) is 16.4. The SMILES string of the molecule is CCOc1ccc(C(=O)NCCCC(=O)O)cc1[N+](=O)[O-]. The standard InChI is InChI=1S/C13H16N2O6/c1-2-21-11-6-5-9(8-10(11)15(19)20)13(18)14-7-3-4-12(16)17/h5-6,8H,2-4,7H2,1H3,(H,14,18)(H,16,17). The van der Waals surface area contributed by atoms with Gasteiger partial charge in [0.15, 0.2) is 5.75 Å². The van der Waals surface area contributed by atoms with Crippen LogP contribution in [0.1, 0.15) is 30.1 Å². The van der Waals surface area contributed by atoms with E-state index in [1.807, 2.05) is 0 Å². The van der Waals surface area contributed by atoms with Crippen LogP contribution in [0.25, 0.3) is 0 Å². The molecule has 0 aliphatic rings. The lowest BCUT2D eigenvalue weighted by Gasteiger charge is -2.07. The zero-order chi connectivity index (χ0) is 15.8. The zero-order valence-electron chi connectivity index (χ0n) is 11.5. The molecule has 0 saturated heterocycles. The number of nitro groups is 1. The van der Waals surface area contributed by atoms with E-state index in [4.69, 9.17) is 9.84 Å². The Bertz CT molecular complexity index is 543. The van der Waals surface area contributed by atoms with Crippen molar-refractivity contribution in [1.29, 1.82) is 0 Å². The van der Waals surface area contributed by atoms with Crippen LogP contribution in [0, 0.1) is 10.1 Å². The Kier molecular flexibility index (Phi) is 6.12. The van der Waals surface area contributed by atoms with Crippen molar-refractivity contribution < 1.29 is 24.4 Å². The summed E-state index contributed by atoms with van der Waals surface area (Å²) in [7, 11) is 0. The fourth-order valence-electron chi connectivity index (χ4n) is 1.62. The highest BCUT2D eigenvalue weighted by molar-refractivity contribution is 5.95. The summed E-state index contributed by atoms with van der Waals surface area (Å²) in [5.41, 5.74) is -0.157. The molecule has 0 atom stereocenters. The molecule has 1 rings (SSSR count). The first-order chi connectivity index (χ1) is 9.95. The lowest BCUT2D eigenvalue weighted by Crippen LogP contribution is -2.25. The van der Waals surface area contributed by atoms with Gasteiger partial charge in [0, 0.05) is 24.6 Å². The van der Waals surface area contributed by atoms with Crippen LogP contribution >= 0.6 is 0 Å². The number of carboxylic acid groups (broad SMARTS) is 1. The number of aliphatic carboxylic acids is 1. The van der Waals surface area contributed by atoms with Gasteiger partial charge in [0.05, 0.1) is 11.5 Å². The second kappa shape index (κ2) is 7.83. The predicted octanol–water partition coefficient (Wildman–Crippen LogP) is 1.59. The number of carboxylic acids is 1. The molecule has 1 aromatic rings. The predicted molar refractivity (Wildman–Crippen MR) is 73.5 cm³/mol. The summed E-state index contributed by atoms with van der Waals surface area (Å²) >= 11 is 0. The van der Waals surface area contributed by atoms with E-state index in [1.54, 1.807) is 6.92 Å². The summed E-state index contributed by atoms with van der Waals surface area (Å²) < 4.78 is 5.12. The molecule has 0 heterocycles. The normalized spacial score (nSPS) is 9.95. The number of amides is 1. The minimum absolute atomic E-state index is 0.0519. The molecule has 0 saturated carbocycles. The van der Waals surface area contributed by atoms with Gasteiger partial charge in [0.25, 0.3) is 5.91 Å². The number of nitrogens with one attached hydrogen (secondary N) is 1. The molecule has 0 aliphatic carbocycles. The van der Waals surface area contributed by atoms with Gasteiger partial charge in [-0.1, -0.05) is 0 Å². The van der Waals surface area contributed by atoms with Gasteiger partial charge in [-0.3, -0.25) is 19.7 Å². The number of nitro benzene ring substituents is 1. The van der Waals surface area contributed by atoms with Crippen LogP contribution in [0.3, 0.4) is 0 Å². The fraction of sp³-hybridized carbons (Fsp3) is 0.385. The molecule has 114 valence electrons. The molecule has 0 spiro atoms. The van der Waals surface area contributed by atoms with Crippen LogP contribution in [0.2, 0.25) is 0 Å². The van der Waals surface area contributed by atoms with Gasteiger partial charge in [0.1, 0.15) is 0 Å². The Balaban J connectivity index is 2.74. The highest BCUT2D eigenvalue weighted by Crippen LogP contribution is 2.27. The highest BCUT2D eigenvalue weighted by atomic mass is 16.6. The maximum absolute atomic E-state index is 11.8. The van der Waals surface area contributed by atoms with Crippen molar-refractivity contribution in [3.8, 4) is 5.75 Å². The first-order valence-electron chi connectivity index (χ1n) is 6.37. The van der Waals surface area contributed by atoms with E-state index in [9.17, 15) is 19.7 Å². The van der Waals surface area contributed by atoms with Gasteiger partial charge in [-0.05, 0) is 25.5 Å². The van der Waals surface area contributed by atoms with E-state index in [-0.39, 0.29) is 36.6 Å². The van der Waals surface area contributed by atoms with Crippen molar-refractivity contribution in [3.63, 3.8) is 0 Å². The smallest absolute Gasteiger partial charge is 0.311 e. The van der Waals surface area contributed by atoms with Crippen molar-refractivity contribution in [2.75, 3.05) is 13.2 Å². The number of carbonyl (C=O) groups excluding carboxylic acids is 1. The molecule has 2 N–H and O–H groups in total. The number of hydrogen-bond donors (Lipinski definition) is 2. The number of rotatable bonds is 8. The monoisotopic (exact) mass is 296 g/mol. The molecular weight excluding hydrogens is 280 g/mol. The van der Waals surface area contributed by atoms with E-state index in [0.29, 0.717) is 6.42 Å². The summed E-state index contributed by atoms with van der Waals surface area (Å²) in [5.74, 6) is -1.34. The van der Waals surface area contributed by atoms with Crippen molar-refractivity contribution in [1.82, 2.24) is 5.32 Å². The Hall–Kier alpha value is -2.64. The molecule has 8 nitrogen and oxygen atoms in total. The Morgan fingerprint density at radius 1 is 1.43 bits per heavy atom. The summed E-state index contributed by atoms with van der Waals surface area (Å²) in [4.78, 5) is 32.5. The van der Waals surface area contributed by atoms with E-state index in [0.717, 1.165) is 6.07 Å². The molecule has 8 heteroatoms. The second-order valence-corrected chi connectivity index (χ2v) is 4.13. The third-order valence-electron chi connectivity index (χ3n) is 2.57. The lowest BCUT2D eigenvalue weighted by atomic mass is 10.1. The molecule has 21 heavy (non-hydrogen) atoms. The zero-order valence-corrected chi connectivity index (χ0v) is 11.5. The fourth-order valence-corrected chi connectivity index (χ4v) is 1.62. The van der Waals surface area contributed by atoms with E-state index in [1.165, 1.54) is 12.1 Å². The first-order valence-corrected chi connectivity index (χ1v) is 6.37. The average Bonchev–Trinajstić information content (AvgIpc) is 2.43. The molecule has 1 aromatic carbocycles. The van der Waals surface area contributed by atoms with Crippen LogP contribution in [0.4, 0.5) is 5.69 Å². The Labute approximate surface area is 120 Å². The summed E-state index contributed by atoms with van der Waals surface area (Å²) in [6.07, 6.45) is 0.240. The lowest BCUT2D eigenvalue weighted by molar-refractivity contribution is -0.385. The Morgan fingerprint density at radius 2 is 2.14 bits per heavy atom. The van der Waals surface area contributed by atoms with Crippen LogP contribution in [-0.4, -0.2) is 35.1 Å². The number of nitrogens with zero attached hydrogens (tertiary/aromatic N) is 1. The molecular formula is C13H16N2O6. The number of ether oxygens (including phenoxy) is 1. The minimum atomic E-state index is -0.944. The van der Waals surface area contributed by atoms with E-state index < -0.39 is 16.8 Å². The van der Waals surface area contributed by atoms with Gasteiger partial charge in [-0.2, -0.15) is 0 Å². The molecule has 0 unspecified atom stereocenters. The maximum Gasteiger partial charge on any atom is 0.311 e. The summed E-state index contributed by atoms with van der Waals surface area (Å²) in [6.45, 7) is 2.17. The third-order valence-corrected chi connectivity index (χ3v) is 2.57. The Morgan fingerprint density at radius 3 is 2.71 bits per heavy atom. The van der Waals surface area contributed by atoms with E-state index >= 15 is 0 Å². The van der Waals surface area contributed by atoms with Crippen LogP contribution < -0.4 is 10.1 Å². The summed E-state index contributed by atoms with van der Waals surface area (Å²) in [5, 5.41) is 21.9.